The number of ether oxygens (including phenoxy) is 3. The van der Waals surface area contributed by atoms with Crippen molar-refractivity contribution in [3.63, 3.8) is 0 Å². The maximum absolute atomic E-state index is 12.6. The second kappa shape index (κ2) is 5.68. The molecule has 5 fully saturated rings. The Morgan fingerprint density at radius 1 is 1.04 bits per heavy atom. The van der Waals surface area contributed by atoms with Gasteiger partial charge in [-0.25, -0.2) is 0 Å². The summed E-state index contributed by atoms with van der Waals surface area (Å²) in [7, 11) is 0. The Labute approximate surface area is 154 Å². The molecule has 2 aliphatic carbocycles. The van der Waals surface area contributed by atoms with E-state index in [0.717, 1.165) is 51.5 Å². The molecule has 0 bridgehead atoms. The van der Waals surface area contributed by atoms with Gasteiger partial charge in [0.1, 0.15) is 0 Å². The smallest absolute Gasteiger partial charge is 0.309 e. The number of rotatable bonds is 5. The zero-order valence-corrected chi connectivity index (χ0v) is 15.7. The lowest BCUT2D eigenvalue weighted by atomic mass is 9.82. The average Bonchev–Trinajstić information content (AvgIpc) is 3.50. The first-order valence-corrected chi connectivity index (χ1v) is 10.2. The lowest BCUT2D eigenvalue weighted by Gasteiger charge is -2.22. The Morgan fingerprint density at radius 2 is 1.65 bits per heavy atom. The van der Waals surface area contributed by atoms with E-state index < -0.39 is 0 Å². The number of nitrogens with zero attached hydrogens (tertiary/aromatic N) is 1. The fourth-order valence-corrected chi connectivity index (χ4v) is 5.07. The van der Waals surface area contributed by atoms with Crippen LogP contribution in [0, 0.1) is 11.8 Å². The van der Waals surface area contributed by atoms with Crippen molar-refractivity contribution in [1.82, 2.24) is 4.90 Å². The monoisotopic (exact) mass is 363 g/mol. The zero-order valence-electron chi connectivity index (χ0n) is 15.7. The topological polar surface area (TPSA) is 71.4 Å². The normalized spacial score (nSPS) is 48.2. The van der Waals surface area contributed by atoms with Crippen LogP contribution >= 0.6 is 0 Å². The Morgan fingerprint density at radius 3 is 2.31 bits per heavy atom. The van der Waals surface area contributed by atoms with Crippen LogP contribution in [0.15, 0.2) is 0 Å². The molecule has 0 radical (unpaired) electrons. The summed E-state index contributed by atoms with van der Waals surface area (Å²) in [5.74, 6) is 0.302. The molecule has 7 unspecified atom stereocenters. The highest BCUT2D eigenvalue weighted by Crippen LogP contribution is 2.50. The summed E-state index contributed by atoms with van der Waals surface area (Å²) in [6, 6.07) is 0.255. The van der Waals surface area contributed by atoms with Gasteiger partial charge in [0.15, 0.2) is 0 Å². The van der Waals surface area contributed by atoms with E-state index in [-0.39, 0.29) is 53.2 Å². The van der Waals surface area contributed by atoms with Gasteiger partial charge in [-0.1, -0.05) is 0 Å². The number of fused-ring (bicyclic) bond motifs is 2. The molecule has 6 nitrogen and oxygen atoms in total. The van der Waals surface area contributed by atoms with Crippen molar-refractivity contribution in [2.75, 3.05) is 13.2 Å². The molecule has 3 heterocycles. The molecule has 5 aliphatic rings. The molecule has 6 heteroatoms. The Hall–Kier alpha value is -1.14. The molecular formula is C20H29NO5. The summed E-state index contributed by atoms with van der Waals surface area (Å²) < 4.78 is 16.8. The van der Waals surface area contributed by atoms with Gasteiger partial charge < -0.3 is 19.1 Å². The molecule has 5 rings (SSSR count). The van der Waals surface area contributed by atoms with Crippen LogP contribution in [-0.2, 0) is 23.8 Å². The first-order chi connectivity index (χ1) is 12.4. The third-order valence-electron chi connectivity index (χ3n) is 7.42. The molecule has 0 aromatic rings. The fourth-order valence-electron chi connectivity index (χ4n) is 5.07. The summed E-state index contributed by atoms with van der Waals surface area (Å²) in [5.41, 5.74) is 0.0963. The molecular weight excluding hydrogens is 334 g/mol. The van der Waals surface area contributed by atoms with Crippen LogP contribution in [0.3, 0.4) is 0 Å². The molecule has 144 valence electrons. The molecule has 0 spiro atoms. The van der Waals surface area contributed by atoms with E-state index in [4.69, 9.17) is 14.2 Å². The molecule has 7 atom stereocenters. The van der Waals surface area contributed by atoms with Gasteiger partial charge in [0, 0.05) is 18.9 Å². The van der Waals surface area contributed by atoms with Crippen LogP contribution in [0.5, 0.6) is 0 Å². The van der Waals surface area contributed by atoms with Crippen molar-refractivity contribution >= 4 is 11.9 Å². The van der Waals surface area contributed by atoms with Crippen molar-refractivity contribution in [2.45, 2.75) is 88.2 Å². The molecule has 0 N–H and O–H groups in total. The van der Waals surface area contributed by atoms with E-state index >= 15 is 0 Å². The zero-order chi connectivity index (χ0) is 18.1. The van der Waals surface area contributed by atoms with Gasteiger partial charge in [0.05, 0.1) is 42.0 Å². The Balaban J connectivity index is 1.01. The van der Waals surface area contributed by atoms with E-state index in [9.17, 15) is 9.59 Å². The van der Waals surface area contributed by atoms with Gasteiger partial charge in [-0.15, -0.1) is 0 Å². The minimum atomic E-state index is -0.0847. The van der Waals surface area contributed by atoms with E-state index in [2.05, 4.69) is 13.8 Å². The SMILES string of the molecule is CC12CCC(C(=O)OCCC3CN3C(=O)C3CCC4(C)OC4C3)CC1O2. The maximum atomic E-state index is 12.6. The molecule has 1 amide bonds. The maximum Gasteiger partial charge on any atom is 0.309 e. The molecule has 0 aromatic carbocycles. The number of hydrogen-bond acceptors (Lipinski definition) is 5. The van der Waals surface area contributed by atoms with Crippen LogP contribution < -0.4 is 0 Å². The number of esters is 1. The fraction of sp³-hybridized carbons (Fsp3) is 0.900. The quantitative estimate of drug-likeness (QED) is 0.552. The minimum absolute atomic E-state index is 0.0115. The van der Waals surface area contributed by atoms with Crippen molar-refractivity contribution in [2.24, 2.45) is 11.8 Å². The first-order valence-electron chi connectivity index (χ1n) is 10.2. The van der Waals surface area contributed by atoms with Crippen molar-refractivity contribution in [3.8, 4) is 0 Å². The average molecular weight is 363 g/mol. The van der Waals surface area contributed by atoms with Gasteiger partial charge in [-0.05, 0) is 52.4 Å². The summed E-state index contributed by atoms with van der Waals surface area (Å²) >= 11 is 0. The van der Waals surface area contributed by atoms with E-state index in [0.29, 0.717) is 6.61 Å². The third-order valence-corrected chi connectivity index (χ3v) is 7.42. The van der Waals surface area contributed by atoms with Crippen LogP contribution in [0.1, 0.15) is 58.8 Å². The van der Waals surface area contributed by atoms with Crippen LogP contribution in [0.4, 0.5) is 0 Å². The van der Waals surface area contributed by atoms with E-state index in [1.54, 1.807) is 0 Å². The molecule has 0 aromatic heterocycles. The molecule has 3 saturated heterocycles. The summed E-state index contributed by atoms with van der Waals surface area (Å²) in [6.45, 7) is 5.50. The summed E-state index contributed by atoms with van der Waals surface area (Å²) in [5, 5.41) is 0. The van der Waals surface area contributed by atoms with Crippen LogP contribution in [0.2, 0.25) is 0 Å². The van der Waals surface area contributed by atoms with Crippen LogP contribution in [-0.4, -0.2) is 59.4 Å². The van der Waals surface area contributed by atoms with Gasteiger partial charge >= 0.3 is 5.97 Å². The number of carbonyl (C=O) groups is 2. The standard InChI is InChI=1S/C20H29NO5/c1-19-6-3-12(9-15(19)25-19)17(22)21-11-14(21)5-8-24-18(23)13-4-7-20(2)16(10-13)26-20/h12-16H,3-11H2,1-2H3. The van der Waals surface area contributed by atoms with Crippen molar-refractivity contribution in [3.05, 3.63) is 0 Å². The second-order valence-electron chi connectivity index (χ2n) is 9.38. The lowest BCUT2D eigenvalue weighted by molar-refractivity contribution is -0.149. The van der Waals surface area contributed by atoms with Gasteiger partial charge in [0.25, 0.3) is 0 Å². The summed E-state index contributed by atoms with van der Waals surface area (Å²) in [6.07, 6.45) is 6.72. The highest BCUT2D eigenvalue weighted by atomic mass is 16.6. The van der Waals surface area contributed by atoms with Crippen LogP contribution in [0.25, 0.3) is 0 Å². The number of amides is 1. The second-order valence-corrected chi connectivity index (χ2v) is 9.38. The van der Waals surface area contributed by atoms with Gasteiger partial charge in [-0.3, -0.25) is 9.59 Å². The highest BCUT2D eigenvalue weighted by Gasteiger charge is 2.58. The number of carbonyl (C=O) groups excluding carboxylic acids is 2. The van der Waals surface area contributed by atoms with Gasteiger partial charge in [0.2, 0.25) is 5.91 Å². The Kier molecular flexibility index (Phi) is 3.71. The molecule has 3 aliphatic heterocycles. The Bertz CT molecular complexity index is 638. The number of hydrogen-bond donors (Lipinski definition) is 0. The molecule has 2 saturated carbocycles. The van der Waals surface area contributed by atoms with E-state index in [1.165, 1.54) is 0 Å². The minimum Gasteiger partial charge on any atom is -0.465 e. The largest absolute Gasteiger partial charge is 0.465 e. The van der Waals surface area contributed by atoms with Crippen molar-refractivity contribution in [1.29, 1.82) is 0 Å². The number of epoxide rings is 2. The predicted octanol–water partition coefficient (Wildman–Crippen LogP) is 2.05. The summed E-state index contributed by atoms with van der Waals surface area (Å²) in [4.78, 5) is 26.8. The van der Waals surface area contributed by atoms with E-state index in [1.807, 2.05) is 4.90 Å². The van der Waals surface area contributed by atoms with Crippen molar-refractivity contribution < 1.29 is 23.8 Å². The van der Waals surface area contributed by atoms with Gasteiger partial charge in [-0.2, -0.15) is 0 Å². The predicted molar refractivity (Wildman–Crippen MR) is 92.3 cm³/mol. The highest BCUT2D eigenvalue weighted by molar-refractivity contribution is 5.81. The third kappa shape index (κ3) is 2.95. The molecule has 26 heavy (non-hydrogen) atoms. The lowest BCUT2D eigenvalue weighted by Crippen LogP contribution is -2.31. The first kappa shape index (κ1) is 17.0.